The maximum absolute atomic E-state index is 13.4. The zero-order chi connectivity index (χ0) is 23.6. The molecular weight excluding hydrogens is 475 g/mol. The summed E-state index contributed by atoms with van der Waals surface area (Å²) in [6.45, 7) is 0.354. The Labute approximate surface area is 209 Å². The van der Waals surface area contributed by atoms with Crippen LogP contribution in [-0.2, 0) is 28.3 Å². The Hall–Kier alpha value is -2.47. The molecule has 33 heavy (non-hydrogen) atoms. The van der Waals surface area contributed by atoms with Crippen LogP contribution in [0.2, 0.25) is 10.0 Å². The third kappa shape index (κ3) is 7.53. The molecule has 7 heteroatoms. The third-order valence-electron chi connectivity index (χ3n) is 5.21. The normalized spacial score (nSPS) is 11.6. The van der Waals surface area contributed by atoms with Crippen molar-refractivity contribution >= 4 is 46.8 Å². The molecule has 2 amide bonds. The summed E-state index contributed by atoms with van der Waals surface area (Å²) in [5, 5.41) is 3.89. The Balaban J connectivity index is 1.78. The van der Waals surface area contributed by atoms with Gasteiger partial charge < -0.3 is 10.2 Å². The monoisotopic (exact) mass is 500 g/mol. The van der Waals surface area contributed by atoms with E-state index in [0.29, 0.717) is 28.8 Å². The van der Waals surface area contributed by atoms with E-state index in [2.05, 4.69) is 5.32 Å². The van der Waals surface area contributed by atoms with Crippen molar-refractivity contribution in [2.24, 2.45) is 0 Å². The second-order valence-electron chi connectivity index (χ2n) is 7.56. The fourth-order valence-corrected chi connectivity index (χ4v) is 4.94. The molecule has 3 rings (SSSR count). The lowest BCUT2D eigenvalue weighted by molar-refractivity contribution is -0.139. The average Bonchev–Trinajstić information content (AvgIpc) is 2.83. The van der Waals surface area contributed by atoms with Gasteiger partial charge in [0.25, 0.3) is 0 Å². The minimum atomic E-state index is -0.621. The van der Waals surface area contributed by atoms with Crippen molar-refractivity contribution in [1.82, 2.24) is 10.2 Å². The number of thioether (sulfide) groups is 1. The lowest BCUT2D eigenvalue weighted by atomic mass is 10.0. The number of hydrogen-bond donors (Lipinski definition) is 1. The quantitative estimate of drug-likeness (QED) is 0.393. The minimum Gasteiger partial charge on any atom is -0.357 e. The highest BCUT2D eigenvalue weighted by atomic mass is 35.5. The number of carbonyl (C=O) groups is 2. The molecule has 0 aliphatic rings. The predicted octanol–water partition coefficient (Wildman–Crippen LogP) is 5.61. The van der Waals surface area contributed by atoms with Gasteiger partial charge in [-0.3, -0.25) is 9.59 Å². The summed E-state index contributed by atoms with van der Waals surface area (Å²) in [6, 6.07) is 24.2. The SMILES string of the molecule is CNC(=O)[C@@H](Cc1ccccc1)N(Cc1ccccc1)C(=O)CSCc1ccc(Cl)cc1Cl. The molecule has 3 aromatic carbocycles. The Bertz CT molecular complexity index is 1060. The Morgan fingerprint density at radius 1 is 0.939 bits per heavy atom. The van der Waals surface area contributed by atoms with E-state index in [1.54, 1.807) is 24.1 Å². The minimum absolute atomic E-state index is 0.0986. The number of likely N-dealkylation sites (N-methyl/N-ethyl adjacent to an activating group) is 1. The van der Waals surface area contributed by atoms with Crippen LogP contribution < -0.4 is 5.32 Å². The van der Waals surface area contributed by atoms with Gasteiger partial charge in [-0.1, -0.05) is 89.9 Å². The number of amides is 2. The van der Waals surface area contributed by atoms with Gasteiger partial charge in [0.2, 0.25) is 11.8 Å². The van der Waals surface area contributed by atoms with E-state index in [1.165, 1.54) is 11.8 Å². The number of benzene rings is 3. The van der Waals surface area contributed by atoms with Crippen LogP contribution in [0.3, 0.4) is 0 Å². The molecule has 0 heterocycles. The van der Waals surface area contributed by atoms with Gasteiger partial charge in [0, 0.05) is 35.8 Å². The van der Waals surface area contributed by atoms with Crippen LogP contribution >= 0.6 is 35.0 Å². The van der Waals surface area contributed by atoms with Gasteiger partial charge in [-0.05, 0) is 28.8 Å². The second-order valence-corrected chi connectivity index (χ2v) is 9.38. The highest BCUT2D eigenvalue weighted by molar-refractivity contribution is 7.99. The molecule has 0 aliphatic heterocycles. The van der Waals surface area contributed by atoms with Crippen LogP contribution in [0.5, 0.6) is 0 Å². The lowest BCUT2D eigenvalue weighted by Gasteiger charge is -2.31. The summed E-state index contributed by atoms with van der Waals surface area (Å²) in [6.07, 6.45) is 0.437. The first kappa shape index (κ1) is 25.2. The first-order valence-corrected chi connectivity index (χ1v) is 12.5. The standard InChI is InChI=1S/C26H26Cl2N2O2S/c1-29-26(32)24(14-19-8-4-2-5-9-19)30(16-20-10-6-3-7-11-20)25(31)18-33-17-21-12-13-22(27)15-23(21)28/h2-13,15,24H,14,16-18H2,1H3,(H,29,32)/t24-/m1/s1. The zero-order valence-corrected chi connectivity index (χ0v) is 20.7. The topological polar surface area (TPSA) is 49.4 Å². The molecular formula is C26H26Cl2N2O2S. The third-order valence-corrected chi connectivity index (χ3v) is 6.76. The molecule has 0 saturated carbocycles. The molecule has 0 aliphatic carbocycles. The van der Waals surface area contributed by atoms with E-state index in [4.69, 9.17) is 23.2 Å². The maximum atomic E-state index is 13.4. The van der Waals surface area contributed by atoms with E-state index in [-0.39, 0.29) is 17.6 Å². The molecule has 172 valence electrons. The average molecular weight is 501 g/mol. The number of halogens is 2. The Morgan fingerprint density at radius 2 is 1.58 bits per heavy atom. The molecule has 0 bridgehead atoms. The van der Waals surface area contributed by atoms with Crippen LogP contribution in [0.15, 0.2) is 78.9 Å². The van der Waals surface area contributed by atoms with Crippen molar-refractivity contribution in [2.45, 2.75) is 24.8 Å². The molecule has 0 fully saturated rings. The zero-order valence-electron chi connectivity index (χ0n) is 18.3. The molecule has 0 unspecified atom stereocenters. The van der Waals surface area contributed by atoms with Crippen LogP contribution in [0.4, 0.5) is 0 Å². The number of nitrogens with zero attached hydrogens (tertiary/aromatic N) is 1. The summed E-state index contributed by atoms with van der Waals surface area (Å²) in [4.78, 5) is 28.0. The molecule has 1 N–H and O–H groups in total. The van der Waals surface area contributed by atoms with Crippen molar-refractivity contribution in [2.75, 3.05) is 12.8 Å². The van der Waals surface area contributed by atoms with Gasteiger partial charge in [0.1, 0.15) is 6.04 Å². The number of carbonyl (C=O) groups excluding carboxylic acids is 2. The van der Waals surface area contributed by atoms with Crippen molar-refractivity contribution < 1.29 is 9.59 Å². The summed E-state index contributed by atoms with van der Waals surface area (Å²) >= 11 is 13.7. The summed E-state index contributed by atoms with van der Waals surface area (Å²) in [5.74, 6) is 0.519. The molecule has 3 aromatic rings. The highest BCUT2D eigenvalue weighted by Gasteiger charge is 2.29. The van der Waals surface area contributed by atoms with Crippen LogP contribution in [-0.4, -0.2) is 35.6 Å². The van der Waals surface area contributed by atoms with E-state index < -0.39 is 6.04 Å². The number of nitrogens with one attached hydrogen (secondary N) is 1. The van der Waals surface area contributed by atoms with Crippen molar-refractivity contribution in [3.05, 3.63) is 106 Å². The predicted molar refractivity (Wildman–Crippen MR) is 138 cm³/mol. The first-order chi connectivity index (χ1) is 16.0. The smallest absolute Gasteiger partial charge is 0.242 e. The maximum Gasteiger partial charge on any atom is 0.242 e. The van der Waals surface area contributed by atoms with Crippen LogP contribution in [0.25, 0.3) is 0 Å². The molecule has 0 spiro atoms. The highest BCUT2D eigenvalue weighted by Crippen LogP contribution is 2.25. The van der Waals surface area contributed by atoms with Crippen molar-refractivity contribution in [1.29, 1.82) is 0 Å². The first-order valence-electron chi connectivity index (χ1n) is 10.6. The van der Waals surface area contributed by atoms with Gasteiger partial charge in [0.05, 0.1) is 5.75 Å². The van der Waals surface area contributed by atoms with E-state index in [1.807, 2.05) is 66.7 Å². The number of rotatable bonds is 10. The van der Waals surface area contributed by atoms with E-state index >= 15 is 0 Å². The van der Waals surface area contributed by atoms with Crippen LogP contribution in [0.1, 0.15) is 16.7 Å². The second kappa shape index (κ2) is 12.7. The van der Waals surface area contributed by atoms with Gasteiger partial charge in [-0.15, -0.1) is 11.8 Å². The van der Waals surface area contributed by atoms with E-state index in [0.717, 1.165) is 16.7 Å². The summed E-state index contributed by atoms with van der Waals surface area (Å²) < 4.78 is 0. The van der Waals surface area contributed by atoms with Crippen LogP contribution in [0, 0.1) is 0 Å². The van der Waals surface area contributed by atoms with Crippen molar-refractivity contribution in [3.8, 4) is 0 Å². The van der Waals surface area contributed by atoms with Gasteiger partial charge in [-0.25, -0.2) is 0 Å². The number of hydrogen-bond acceptors (Lipinski definition) is 3. The summed E-state index contributed by atoms with van der Waals surface area (Å²) in [5.41, 5.74) is 2.89. The van der Waals surface area contributed by atoms with Gasteiger partial charge in [-0.2, -0.15) is 0 Å². The fourth-order valence-electron chi connectivity index (χ4n) is 3.47. The largest absolute Gasteiger partial charge is 0.357 e. The van der Waals surface area contributed by atoms with Gasteiger partial charge >= 0.3 is 0 Å². The van der Waals surface area contributed by atoms with Gasteiger partial charge in [0.15, 0.2) is 0 Å². The molecule has 1 atom stereocenters. The Morgan fingerprint density at radius 3 is 2.18 bits per heavy atom. The van der Waals surface area contributed by atoms with Crippen molar-refractivity contribution in [3.63, 3.8) is 0 Å². The molecule has 4 nitrogen and oxygen atoms in total. The fraction of sp³-hybridized carbons (Fsp3) is 0.231. The summed E-state index contributed by atoms with van der Waals surface area (Å²) in [7, 11) is 1.60. The van der Waals surface area contributed by atoms with E-state index in [9.17, 15) is 9.59 Å². The molecule has 0 aromatic heterocycles. The Kier molecular flexibility index (Phi) is 9.67. The lowest BCUT2D eigenvalue weighted by Crippen LogP contribution is -2.50. The molecule has 0 radical (unpaired) electrons. The molecule has 0 saturated heterocycles.